The van der Waals surface area contributed by atoms with E-state index in [2.05, 4.69) is 24.1 Å². The first-order valence-electron chi connectivity index (χ1n) is 7.93. The first-order chi connectivity index (χ1) is 11.1. The Bertz CT molecular complexity index is 701. The van der Waals surface area contributed by atoms with Gasteiger partial charge in [0.15, 0.2) is 10.8 Å². The molecule has 0 amide bonds. The second kappa shape index (κ2) is 7.13. The van der Waals surface area contributed by atoms with Gasteiger partial charge in [-0.25, -0.2) is 4.98 Å². The molecule has 2 unspecified atom stereocenters. The summed E-state index contributed by atoms with van der Waals surface area (Å²) < 4.78 is 11.0. The van der Waals surface area contributed by atoms with Gasteiger partial charge < -0.3 is 9.15 Å². The molecule has 2 aromatic heterocycles. The van der Waals surface area contributed by atoms with Gasteiger partial charge in [0.1, 0.15) is 5.76 Å². The lowest BCUT2D eigenvalue weighted by molar-refractivity contribution is -0.144. The zero-order valence-electron chi connectivity index (χ0n) is 13.5. The molecule has 0 saturated heterocycles. The molecule has 0 saturated carbocycles. The molecule has 0 fully saturated rings. The predicted molar refractivity (Wildman–Crippen MR) is 90.2 cm³/mol. The van der Waals surface area contributed by atoms with Crippen LogP contribution in [0.25, 0.3) is 10.8 Å². The Morgan fingerprint density at radius 3 is 2.96 bits per heavy atom. The SMILES string of the molecule is Cc1ccc(-c2nc(CC(=O)OCC3CC=CCC3C)cs2)o1. The molecule has 4 nitrogen and oxygen atoms in total. The van der Waals surface area contributed by atoms with Crippen molar-refractivity contribution < 1.29 is 13.9 Å². The number of carbonyl (C=O) groups excluding carboxylic acids is 1. The average molecular weight is 331 g/mol. The van der Waals surface area contributed by atoms with Gasteiger partial charge in [0.25, 0.3) is 0 Å². The zero-order chi connectivity index (χ0) is 16.2. The summed E-state index contributed by atoms with van der Waals surface area (Å²) in [6.07, 6.45) is 6.66. The van der Waals surface area contributed by atoms with Crippen LogP contribution < -0.4 is 0 Å². The number of aromatic nitrogens is 1. The Balaban J connectivity index is 1.52. The number of furan rings is 1. The number of ether oxygens (including phenoxy) is 1. The minimum atomic E-state index is -0.209. The molecule has 2 atom stereocenters. The monoisotopic (exact) mass is 331 g/mol. The van der Waals surface area contributed by atoms with Crippen LogP contribution in [0.5, 0.6) is 0 Å². The lowest BCUT2D eigenvalue weighted by Gasteiger charge is -2.24. The molecule has 3 rings (SSSR count). The molecule has 2 aromatic rings. The number of nitrogens with zero attached hydrogens (tertiary/aromatic N) is 1. The van der Waals surface area contributed by atoms with Crippen molar-refractivity contribution in [3.05, 3.63) is 41.1 Å². The zero-order valence-corrected chi connectivity index (χ0v) is 14.3. The van der Waals surface area contributed by atoms with Crippen LogP contribution in [0.4, 0.5) is 0 Å². The van der Waals surface area contributed by atoms with E-state index in [0.717, 1.165) is 35.1 Å². The second-order valence-electron chi connectivity index (χ2n) is 6.09. The molecule has 0 aliphatic heterocycles. The molecule has 23 heavy (non-hydrogen) atoms. The second-order valence-corrected chi connectivity index (χ2v) is 6.95. The van der Waals surface area contributed by atoms with Crippen molar-refractivity contribution >= 4 is 17.3 Å². The van der Waals surface area contributed by atoms with Crippen molar-refractivity contribution in [1.29, 1.82) is 0 Å². The van der Waals surface area contributed by atoms with Crippen LogP contribution >= 0.6 is 11.3 Å². The van der Waals surface area contributed by atoms with Crippen molar-refractivity contribution in [3.8, 4) is 10.8 Å². The van der Waals surface area contributed by atoms with Gasteiger partial charge in [0.2, 0.25) is 0 Å². The highest BCUT2D eigenvalue weighted by atomic mass is 32.1. The first-order valence-corrected chi connectivity index (χ1v) is 8.81. The van der Waals surface area contributed by atoms with Gasteiger partial charge in [-0.05, 0) is 43.7 Å². The topological polar surface area (TPSA) is 52.3 Å². The third kappa shape index (κ3) is 4.10. The van der Waals surface area contributed by atoms with Crippen molar-refractivity contribution in [3.63, 3.8) is 0 Å². The summed E-state index contributed by atoms with van der Waals surface area (Å²) in [7, 11) is 0. The Morgan fingerprint density at radius 2 is 2.22 bits per heavy atom. The Hall–Kier alpha value is -1.88. The van der Waals surface area contributed by atoms with Gasteiger partial charge in [-0.2, -0.15) is 0 Å². The number of allylic oxidation sites excluding steroid dienone is 2. The van der Waals surface area contributed by atoms with E-state index in [1.165, 1.54) is 11.3 Å². The van der Waals surface area contributed by atoms with E-state index in [0.29, 0.717) is 18.4 Å². The average Bonchev–Trinajstić information content (AvgIpc) is 3.15. The summed E-state index contributed by atoms with van der Waals surface area (Å²) in [4.78, 5) is 16.5. The molecule has 1 aliphatic carbocycles. The predicted octanol–water partition coefficient (Wildman–Crippen LogP) is 4.40. The maximum Gasteiger partial charge on any atom is 0.311 e. The molecule has 0 N–H and O–H groups in total. The number of esters is 1. The fraction of sp³-hybridized carbons (Fsp3) is 0.444. The van der Waals surface area contributed by atoms with Crippen LogP contribution in [-0.4, -0.2) is 17.6 Å². The van der Waals surface area contributed by atoms with Crippen molar-refractivity contribution in [1.82, 2.24) is 4.98 Å². The summed E-state index contributed by atoms with van der Waals surface area (Å²) in [5, 5.41) is 2.69. The van der Waals surface area contributed by atoms with Crippen LogP contribution in [0.2, 0.25) is 0 Å². The molecule has 0 spiro atoms. The van der Waals surface area contributed by atoms with Crippen LogP contribution in [0.3, 0.4) is 0 Å². The highest BCUT2D eigenvalue weighted by molar-refractivity contribution is 7.13. The molecule has 0 aromatic carbocycles. The minimum Gasteiger partial charge on any atom is -0.465 e. The van der Waals surface area contributed by atoms with Gasteiger partial charge in [-0.15, -0.1) is 11.3 Å². The molecular weight excluding hydrogens is 310 g/mol. The van der Waals surface area contributed by atoms with Crippen LogP contribution in [0.1, 0.15) is 31.2 Å². The lowest BCUT2D eigenvalue weighted by Crippen LogP contribution is -2.22. The lowest BCUT2D eigenvalue weighted by atomic mass is 9.85. The smallest absolute Gasteiger partial charge is 0.311 e. The van der Waals surface area contributed by atoms with Crippen molar-refractivity contribution in [2.75, 3.05) is 6.61 Å². The standard InChI is InChI=1S/C18H21NO3S/c1-12-5-3-4-6-14(12)10-21-17(20)9-15-11-23-18(19-15)16-8-7-13(2)22-16/h3-4,7-8,11-12,14H,5-6,9-10H2,1-2H3. The third-order valence-electron chi connectivity index (χ3n) is 4.20. The number of aryl methyl sites for hydroxylation is 1. The van der Waals surface area contributed by atoms with E-state index in [4.69, 9.17) is 9.15 Å². The molecule has 5 heteroatoms. The van der Waals surface area contributed by atoms with Crippen LogP contribution in [0, 0.1) is 18.8 Å². The minimum absolute atomic E-state index is 0.209. The summed E-state index contributed by atoms with van der Waals surface area (Å²) in [6.45, 7) is 4.61. The van der Waals surface area contributed by atoms with Gasteiger partial charge >= 0.3 is 5.97 Å². The van der Waals surface area contributed by atoms with Crippen molar-refractivity contribution in [2.24, 2.45) is 11.8 Å². The van der Waals surface area contributed by atoms with E-state index in [1.54, 1.807) is 0 Å². The number of hydrogen-bond acceptors (Lipinski definition) is 5. The Morgan fingerprint density at radius 1 is 1.39 bits per heavy atom. The van der Waals surface area contributed by atoms with E-state index in [9.17, 15) is 4.79 Å². The largest absolute Gasteiger partial charge is 0.465 e. The molecule has 1 aliphatic rings. The Kier molecular flexibility index (Phi) is 4.96. The van der Waals surface area contributed by atoms with Gasteiger partial charge in [0, 0.05) is 5.38 Å². The normalized spacial score (nSPS) is 20.6. The summed E-state index contributed by atoms with van der Waals surface area (Å²) in [6, 6.07) is 3.80. The number of rotatable bonds is 5. The summed E-state index contributed by atoms with van der Waals surface area (Å²) in [5.74, 6) is 2.39. The quantitative estimate of drug-likeness (QED) is 0.602. The summed E-state index contributed by atoms with van der Waals surface area (Å²) in [5.41, 5.74) is 0.737. The van der Waals surface area contributed by atoms with E-state index >= 15 is 0 Å². The first kappa shape index (κ1) is 16.0. The molecule has 122 valence electrons. The Labute approximate surface area is 140 Å². The molecule has 2 heterocycles. The number of thiazole rings is 1. The van der Waals surface area contributed by atoms with E-state index < -0.39 is 0 Å². The number of carbonyl (C=O) groups is 1. The molecular formula is C18H21NO3S. The van der Waals surface area contributed by atoms with Gasteiger partial charge in [-0.3, -0.25) is 4.79 Å². The fourth-order valence-electron chi connectivity index (χ4n) is 2.69. The fourth-order valence-corrected chi connectivity index (χ4v) is 3.47. The van der Waals surface area contributed by atoms with Gasteiger partial charge in [-0.1, -0.05) is 19.1 Å². The van der Waals surface area contributed by atoms with Crippen LogP contribution in [-0.2, 0) is 16.0 Å². The third-order valence-corrected chi connectivity index (χ3v) is 5.11. The highest BCUT2D eigenvalue weighted by Crippen LogP contribution is 2.27. The maximum atomic E-state index is 12.0. The molecule has 0 bridgehead atoms. The molecule has 0 radical (unpaired) electrons. The van der Waals surface area contributed by atoms with Crippen molar-refractivity contribution in [2.45, 2.75) is 33.1 Å². The summed E-state index contributed by atoms with van der Waals surface area (Å²) >= 11 is 1.48. The van der Waals surface area contributed by atoms with E-state index in [-0.39, 0.29) is 12.4 Å². The van der Waals surface area contributed by atoms with Crippen LogP contribution in [0.15, 0.2) is 34.1 Å². The van der Waals surface area contributed by atoms with Gasteiger partial charge in [0.05, 0.1) is 18.7 Å². The van der Waals surface area contributed by atoms with E-state index in [1.807, 2.05) is 24.4 Å². The maximum absolute atomic E-state index is 12.0. The number of hydrogen-bond donors (Lipinski definition) is 0. The highest BCUT2D eigenvalue weighted by Gasteiger charge is 2.20.